The van der Waals surface area contributed by atoms with E-state index in [4.69, 9.17) is 0 Å². The summed E-state index contributed by atoms with van der Waals surface area (Å²) in [5, 5.41) is 0. The average Bonchev–Trinajstić information content (AvgIpc) is 2.74. The number of hydrogen-bond donors (Lipinski definition) is 0. The van der Waals surface area contributed by atoms with Crippen molar-refractivity contribution in [3.05, 3.63) is 106 Å². The van der Waals surface area contributed by atoms with Gasteiger partial charge in [-0.3, -0.25) is 9.59 Å². The van der Waals surface area contributed by atoms with E-state index in [-0.39, 0.29) is 29.3 Å². The van der Waals surface area contributed by atoms with Crippen LogP contribution in [-0.4, -0.2) is 11.6 Å². The summed E-state index contributed by atoms with van der Waals surface area (Å²) in [6, 6.07) is 25.8. The molecule has 3 aromatic carbocycles. The van der Waals surface area contributed by atoms with Crippen LogP contribution in [0.4, 0.5) is 0 Å². The van der Waals surface area contributed by atoms with Crippen molar-refractivity contribution < 1.29 is 9.59 Å². The number of ketones is 2. The first-order valence-electron chi connectivity index (χ1n) is 9.96. The molecule has 1 fully saturated rings. The SMILES string of the molecule is Cc1ccc(C2CC(=O)CC(c3cccc(Br)c3)C2C(=O)c2ccccc2)cc1. The predicted molar refractivity (Wildman–Crippen MR) is 119 cm³/mol. The van der Waals surface area contributed by atoms with Crippen molar-refractivity contribution >= 4 is 27.5 Å². The molecule has 0 radical (unpaired) electrons. The smallest absolute Gasteiger partial charge is 0.167 e. The second-order valence-electron chi connectivity index (χ2n) is 7.88. The Hall–Kier alpha value is -2.52. The van der Waals surface area contributed by atoms with Crippen molar-refractivity contribution in [2.45, 2.75) is 31.6 Å². The zero-order chi connectivity index (χ0) is 20.4. The van der Waals surface area contributed by atoms with Gasteiger partial charge in [-0.05, 0) is 30.2 Å². The van der Waals surface area contributed by atoms with Crippen LogP contribution >= 0.6 is 15.9 Å². The Morgan fingerprint density at radius 3 is 2.14 bits per heavy atom. The second-order valence-corrected chi connectivity index (χ2v) is 8.80. The first kappa shape index (κ1) is 19.8. The van der Waals surface area contributed by atoms with E-state index in [2.05, 4.69) is 40.2 Å². The highest BCUT2D eigenvalue weighted by Crippen LogP contribution is 2.46. The topological polar surface area (TPSA) is 34.1 Å². The summed E-state index contributed by atoms with van der Waals surface area (Å²) in [4.78, 5) is 26.5. The van der Waals surface area contributed by atoms with Crippen LogP contribution in [0.5, 0.6) is 0 Å². The summed E-state index contributed by atoms with van der Waals surface area (Å²) >= 11 is 3.54. The van der Waals surface area contributed by atoms with Gasteiger partial charge in [0, 0.05) is 40.6 Å². The van der Waals surface area contributed by atoms with Crippen LogP contribution in [0.15, 0.2) is 83.3 Å². The van der Waals surface area contributed by atoms with Gasteiger partial charge in [-0.1, -0.05) is 88.2 Å². The quantitative estimate of drug-likeness (QED) is 0.429. The minimum atomic E-state index is -0.271. The highest BCUT2D eigenvalue weighted by atomic mass is 79.9. The third kappa shape index (κ3) is 4.25. The number of benzene rings is 3. The molecule has 3 aromatic rings. The summed E-state index contributed by atoms with van der Waals surface area (Å²) in [5.74, 6) is -0.181. The zero-order valence-electron chi connectivity index (χ0n) is 16.3. The average molecular weight is 447 g/mol. The van der Waals surface area contributed by atoms with Crippen molar-refractivity contribution in [2.24, 2.45) is 5.92 Å². The Balaban J connectivity index is 1.82. The fourth-order valence-electron chi connectivity index (χ4n) is 4.47. The summed E-state index contributed by atoms with van der Waals surface area (Å²) in [5.41, 5.74) is 3.99. The summed E-state index contributed by atoms with van der Waals surface area (Å²) in [6.07, 6.45) is 0.818. The van der Waals surface area contributed by atoms with Gasteiger partial charge >= 0.3 is 0 Å². The summed E-state index contributed by atoms with van der Waals surface area (Å²) in [6.45, 7) is 2.05. The molecule has 0 bridgehead atoms. The zero-order valence-corrected chi connectivity index (χ0v) is 17.9. The Morgan fingerprint density at radius 2 is 1.48 bits per heavy atom. The molecule has 1 aliphatic carbocycles. The van der Waals surface area contributed by atoms with E-state index in [1.807, 2.05) is 61.5 Å². The van der Waals surface area contributed by atoms with Crippen molar-refractivity contribution in [1.82, 2.24) is 0 Å². The maximum Gasteiger partial charge on any atom is 0.167 e. The summed E-state index contributed by atoms with van der Waals surface area (Å²) in [7, 11) is 0. The number of hydrogen-bond acceptors (Lipinski definition) is 2. The Labute approximate surface area is 180 Å². The number of carbonyl (C=O) groups is 2. The van der Waals surface area contributed by atoms with E-state index in [0.29, 0.717) is 18.4 Å². The molecule has 3 atom stereocenters. The predicted octanol–water partition coefficient (Wildman–Crippen LogP) is 6.49. The van der Waals surface area contributed by atoms with Crippen molar-refractivity contribution in [2.75, 3.05) is 0 Å². The van der Waals surface area contributed by atoms with Crippen molar-refractivity contribution in [1.29, 1.82) is 0 Å². The van der Waals surface area contributed by atoms with Crippen molar-refractivity contribution in [3.8, 4) is 0 Å². The van der Waals surface area contributed by atoms with E-state index in [1.165, 1.54) is 5.56 Å². The lowest BCUT2D eigenvalue weighted by molar-refractivity contribution is -0.121. The molecule has 1 saturated carbocycles. The van der Waals surface area contributed by atoms with Gasteiger partial charge in [0.1, 0.15) is 5.78 Å². The monoisotopic (exact) mass is 446 g/mol. The third-order valence-corrected chi connectivity index (χ3v) is 6.40. The van der Waals surface area contributed by atoms with E-state index in [0.717, 1.165) is 15.6 Å². The van der Waals surface area contributed by atoms with Crippen LogP contribution in [0.3, 0.4) is 0 Å². The van der Waals surface area contributed by atoms with Gasteiger partial charge in [-0.15, -0.1) is 0 Å². The van der Waals surface area contributed by atoms with Crippen LogP contribution in [0.25, 0.3) is 0 Å². The van der Waals surface area contributed by atoms with E-state index in [9.17, 15) is 9.59 Å². The first-order valence-corrected chi connectivity index (χ1v) is 10.7. The molecular formula is C26H23BrO2. The molecular weight excluding hydrogens is 424 g/mol. The molecule has 0 aromatic heterocycles. The number of carbonyl (C=O) groups excluding carboxylic acids is 2. The van der Waals surface area contributed by atoms with E-state index < -0.39 is 0 Å². The van der Waals surface area contributed by atoms with Crippen LogP contribution in [0.1, 0.15) is 51.7 Å². The number of Topliss-reactive ketones (excluding diaryl/α,β-unsaturated/α-hetero) is 2. The standard InChI is InChI=1S/C26H23BrO2/c1-17-10-12-18(13-11-17)23-15-22(28)16-24(20-8-5-9-21(27)14-20)25(23)26(29)19-6-3-2-4-7-19/h2-14,23-25H,15-16H2,1H3. The van der Waals surface area contributed by atoms with Gasteiger partial charge in [0.15, 0.2) is 5.78 Å². The number of aryl methyl sites for hydroxylation is 1. The molecule has 3 heteroatoms. The summed E-state index contributed by atoms with van der Waals surface area (Å²) < 4.78 is 0.964. The van der Waals surface area contributed by atoms with Gasteiger partial charge in [0.2, 0.25) is 0 Å². The molecule has 29 heavy (non-hydrogen) atoms. The molecule has 4 rings (SSSR count). The minimum Gasteiger partial charge on any atom is -0.300 e. The lowest BCUT2D eigenvalue weighted by Gasteiger charge is -2.37. The van der Waals surface area contributed by atoms with Gasteiger partial charge in [-0.2, -0.15) is 0 Å². The molecule has 146 valence electrons. The van der Waals surface area contributed by atoms with Crippen LogP contribution in [0.2, 0.25) is 0 Å². The van der Waals surface area contributed by atoms with Gasteiger partial charge in [-0.25, -0.2) is 0 Å². The van der Waals surface area contributed by atoms with E-state index in [1.54, 1.807) is 0 Å². The highest BCUT2D eigenvalue weighted by molar-refractivity contribution is 9.10. The molecule has 0 saturated heterocycles. The number of rotatable bonds is 4. The molecule has 0 heterocycles. The molecule has 1 aliphatic rings. The Bertz CT molecular complexity index is 1020. The van der Waals surface area contributed by atoms with Gasteiger partial charge in [0.25, 0.3) is 0 Å². The highest BCUT2D eigenvalue weighted by Gasteiger charge is 2.43. The maximum atomic E-state index is 13.7. The fraction of sp³-hybridized carbons (Fsp3) is 0.231. The number of halogens is 1. The molecule has 2 nitrogen and oxygen atoms in total. The molecule has 0 amide bonds. The lowest BCUT2D eigenvalue weighted by atomic mass is 9.64. The second kappa shape index (κ2) is 8.46. The Morgan fingerprint density at radius 1 is 0.828 bits per heavy atom. The molecule has 0 spiro atoms. The minimum absolute atomic E-state index is 0.117. The molecule has 0 aliphatic heterocycles. The third-order valence-electron chi connectivity index (χ3n) is 5.91. The van der Waals surface area contributed by atoms with Crippen LogP contribution in [-0.2, 0) is 4.79 Å². The molecule has 3 unspecified atom stereocenters. The molecule has 0 N–H and O–H groups in total. The van der Waals surface area contributed by atoms with Gasteiger partial charge < -0.3 is 0 Å². The lowest BCUT2D eigenvalue weighted by Crippen LogP contribution is -2.36. The Kier molecular flexibility index (Phi) is 5.77. The maximum absolute atomic E-state index is 13.7. The normalized spacial score (nSPS) is 21.7. The van der Waals surface area contributed by atoms with Crippen LogP contribution < -0.4 is 0 Å². The van der Waals surface area contributed by atoms with Gasteiger partial charge in [0.05, 0.1) is 0 Å². The first-order chi connectivity index (χ1) is 14.0. The van der Waals surface area contributed by atoms with Crippen LogP contribution in [0, 0.1) is 12.8 Å². The van der Waals surface area contributed by atoms with Crippen molar-refractivity contribution in [3.63, 3.8) is 0 Å². The van der Waals surface area contributed by atoms with E-state index >= 15 is 0 Å². The fourth-order valence-corrected chi connectivity index (χ4v) is 4.89. The largest absolute Gasteiger partial charge is 0.300 e.